The van der Waals surface area contributed by atoms with Gasteiger partial charge in [-0.1, -0.05) is 12.1 Å². The standard InChI is InChI=1S/C21H20F3N3OS/c1-12-3-4-14-11-15(19(28)27-18(14)13(12)2)9-10-25-20(29)26-17-7-5-16(6-8-17)21(22,23)24/h3-8,11H,9-10H2,1-2H3,(H,27,28)(H2,25,26,29). The predicted octanol–water partition coefficient (Wildman–Crippen LogP) is 4.69. The van der Waals surface area contributed by atoms with Crippen molar-refractivity contribution in [1.82, 2.24) is 10.3 Å². The second-order valence-electron chi connectivity index (χ2n) is 6.80. The van der Waals surface area contributed by atoms with Gasteiger partial charge in [0.1, 0.15) is 0 Å². The molecule has 0 aliphatic rings. The van der Waals surface area contributed by atoms with Crippen LogP contribution in [-0.4, -0.2) is 16.6 Å². The number of rotatable bonds is 4. The molecule has 0 saturated heterocycles. The lowest BCUT2D eigenvalue weighted by atomic mass is 10.0. The average molecular weight is 419 g/mol. The van der Waals surface area contributed by atoms with Crippen LogP contribution in [-0.2, 0) is 12.6 Å². The highest BCUT2D eigenvalue weighted by Crippen LogP contribution is 2.29. The molecule has 3 N–H and O–H groups in total. The highest BCUT2D eigenvalue weighted by molar-refractivity contribution is 7.80. The van der Waals surface area contributed by atoms with E-state index in [1.807, 2.05) is 32.0 Å². The lowest BCUT2D eigenvalue weighted by Crippen LogP contribution is -2.31. The third-order valence-corrected chi connectivity index (χ3v) is 5.02. The Kier molecular flexibility index (Phi) is 5.93. The summed E-state index contributed by atoms with van der Waals surface area (Å²) in [6, 6.07) is 10.5. The number of H-pyrrole nitrogens is 1. The van der Waals surface area contributed by atoms with Crippen LogP contribution in [0.4, 0.5) is 18.9 Å². The molecule has 1 heterocycles. The SMILES string of the molecule is Cc1ccc2cc(CCNC(=S)Nc3ccc(C(F)(F)F)cc3)c(=O)[nH]c2c1C. The summed E-state index contributed by atoms with van der Waals surface area (Å²) in [5.41, 5.74) is 3.22. The van der Waals surface area contributed by atoms with Crippen molar-refractivity contribution in [2.75, 3.05) is 11.9 Å². The van der Waals surface area contributed by atoms with Crippen molar-refractivity contribution >= 4 is 33.9 Å². The van der Waals surface area contributed by atoms with E-state index < -0.39 is 11.7 Å². The van der Waals surface area contributed by atoms with E-state index in [-0.39, 0.29) is 10.7 Å². The van der Waals surface area contributed by atoms with E-state index in [0.29, 0.717) is 24.2 Å². The molecule has 8 heteroatoms. The Bertz CT molecular complexity index is 1110. The van der Waals surface area contributed by atoms with Crippen molar-refractivity contribution in [1.29, 1.82) is 0 Å². The van der Waals surface area contributed by atoms with Gasteiger partial charge in [-0.05, 0) is 79.3 Å². The number of alkyl halides is 3. The molecule has 2 aromatic carbocycles. The number of aryl methyl sites for hydroxylation is 2. The monoisotopic (exact) mass is 419 g/mol. The molecule has 3 aromatic rings. The summed E-state index contributed by atoms with van der Waals surface area (Å²) in [6.45, 7) is 4.38. The molecule has 29 heavy (non-hydrogen) atoms. The first-order chi connectivity index (χ1) is 13.6. The molecule has 3 rings (SSSR count). The maximum atomic E-state index is 12.6. The van der Waals surface area contributed by atoms with Crippen LogP contribution in [0.25, 0.3) is 10.9 Å². The van der Waals surface area contributed by atoms with Crippen molar-refractivity contribution in [2.45, 2.75) is 26.4 Å². The van der Waals surface area contributed by atoms with Crippen molar-refractivity contribution in [2.24, 2.45) is 0 Å². The van der Waals surface area contributed by atoms with Gasteiger partial charge in [-0.25, -0.2) is 0 Å². The fraction of sp³-hybridized carbons (Fsp3) is 0.238. The van der Waals surface area contributed by atoms with Gasteiger partial charge in [0.25, 0.3) is 5.56 Å². The molecule has 0 saturated carbocycles. The predicted molar refractivity (Wildman–Crippen MR) is 113 cm³/mol. The number of thiocarbonyl (C=S) groups is 1. The molecule has 0 atom stereocenters. The van der Waals surface area contributed by atoms with Gasteiger partial charge in [-0.3, -0.25) is 4.79 Å². The van der Waals surface area contributed by atoms with E-state index in [2.05, 4.69) is 15.6 Å². The molecular weight excluding hydrogens is 399 g/mol. The molecule has 1 aromatic heterocycles. The summed E-state index contributed by atoms with van der Waals surface area (Å²) < 4.78 is 37.8. The summed E-state index contributed by atoms with van der Waals surface area (Å²) in [4.78, 5) is 15.3. The molecule has 0 aliphatic heterocycles. The number of fused-ring (bicyclic) bond motifs is 1. The van der Waals surface area contributed by atoms with Crippen LogP contribution in [0, 0.1) is 13.8 Å². The van der Waals surface area contributed by atoms with E-state index in [1.165, 1.54) is 12.1 Å². The van der Waals surface area contributed by atoms with E-state index in [9.17, 15) is 18.0 Å². The molecule has 0 bridgehead atoms. The zero-order valence-corrected chi connectivity index (χ0v) is 16.7. The Labute approximate surface area is 171 Å². The Morgan fingerprint density at radius 2 is 1.79 bits per heavy atom. The zero-order chi connectivity index (χ0) is 21.2. The van der Waals surface area contributed by atoms with Crippen LogP contribution in [0.2, 0.25) is 0 Å². The van der Waals surface area contributed by atoms with Crippen LogP contribution in [0.1, 0.15) is 22.3 Å². The third-order valence-electron chi connectivity index (χ3n) is 4.78. The molecule has 0 unspecified atom stereocenters. The minimum absolute atomic E-state index is 0.144. The highest BCUT2D eigenvalue weighted by atomic mass is 32.1. The number of aromatic amines is 1. The molecule has 0 fully saturated rings. The quantitative estimate of drug-likeness (QED) is 0.537. The third kappa shape index (κ3) is 4.95. The van der Waals surface area contributed by atoms with Crippen molar-refractivity contribution < 1.29 is 13.2 Å². The molecule has 0 spiro atoms. The molecular formula is C21H20F3N3OS. The van der Waals surface area contributed by atoms with Gasteiger partial charge < -0.3 is 15.6 Å². The maximum absolute atomic E-state index is 12.6. The van der Waals surface area contributed by atoms with E-state index >= 15 is 0 Å². The summed E-state index contributed by atoms with van der Waals surface area (Å²) in [5, 5.41) is 7.03. The van der Waals surface area contributed by atoms with Crippen molar-refractivity contribution in [3.8, 4) is 0 Å². The summed E-state index contributed by atoms with van der Waals surface area (Å²) in [5.74, 6) is 0. The van der Waals surface area contributed by atoms with E-state index in [4.69, 9.17) is 12.2 Å². The number of anilines is 1. The van der Waals surface area contributed by atoms with Gasteiger partial charge in [0, 0.05) is 17.8 Å². The van der Waals surface area contributed by atoms with Crippen LogP contribution in [0.3, 0.4) is 0 Å². The van der Waals surface area contributed by atoms with Gasteiger partial charge in [0.15, 0.2) is 5.11 Å². The molecule has 0 radical (unpaired) electrons. The Morgan fingerprint density at radius 1 is 1.10 bits per heavy atom. The first kappa shape index (κ1) is 20.9. The Balaban J connectivity index is 1.60. The largest absolute Gasteiger partial charge is 0.416 e. The lowest BCUT2D eigenvalue weighted by Gasteiger charge is -2.12. The summed E-state index contributed by atoms with van der Waals surface area (Å²) in [6.07, 6.45) is -3.92. The first-order valence-corrected chi connectivity index (χ1v) is 9.40. The first-order valence-electron chi connectivity index (χ1n) is 8.99. The second-order valence-corrected chi connectivity index (χ2v) is 7.21. The molecule has 0 aliphatic carbocycles. The smallest absolute Gasteiger partial charge is 0.362 e. The van der Waals surface area contributed by atoms with Gasteiger partial charge in [-0.15, -0.1) is 0 Å². The minimum Gasteiger partial charge on any atom is -0.362 e. The number of hydrogen-bond donors (Lipinski definition) is 3. The lowest BCUT2D eigenvalue weighted by molar-refractivity contribution is -0.137. The number of hydrogen-bond acceptors (Lipinski definition) is 2. The van der Waals surface area contributed by atoms with Crippen molar-refractivity contribution in [3.05, 3.63) is 75.1 Å². The van der Waals surface area contributed by atoms with Gasteiger partial charge in [-0.2, -0.15) is 13.2 Å². The maximum Gasteiger partial charge on any atom is 0.416 e. The summed E-state index contributed by atoms with van der Waals surface area (Å²) >= 11 is 5.17. The number of halogens is 3. The topological polar surface area (TPSA) is 56.9 Å². The minimum atomic E-state index is -4.37. The molecule has 152 valence electrons. The van der Waals surface area contributed by atoms with Crippen LogP contribution in [0.5, 0.6) is 0 Å². The zero-order valence-electron chi connectivity index (χ0n) is 15.9. The van der Waals surface area contributed by atoms with Gasteiger partial charge in [0.05, 0.1) is 11.1 Å². The number of nitrogens with one attached hydrogen (secondary N) is 3. The normalized spacial score (nSPS) is 11.5. The van der Waals surface area contributed by atoms with E-state index in [0.717, 1.165) is 34.2 Å². The van der Waals surface area contributed by atoms with Gasteiger partial charge in [0.2, 0.25) is 0 Å². The number of pyridine rings is 1. The fourth-order valence-corrected chi connectivity index (χ4v) is 3.20. The van der Waals surface area contributed by atoms with E-state index in [1.54, 1.807) is 0 Å². The van der Waals surface area contributed by atoms with Crippen LogP contribution >= 0.6 is 12.2 Å². The van der Waals surface area contributed by atoms with Crippen LogP contribution in [0.15, 0.2) is 47.3 Å². The Morgan fingerprint density at radius 3 is 2.45 bits per heavy atom. The van der Waals surface area contributed by atoms with Gasteiger partial charge >= 0.3 is 6.18 Å². The molecule has 4 nitrogen and oxygen atoms in total. The van der Waals surface area contributed by atoms with Crippen molar-refractivity contribution in [3.63, 3.8) is 0 Å². The number of benzene rings is 2. The highest BCUT2D eigenvalue weighted by Gasteiger charge is 2.29. The second kappa shape index (κ2) is 8.24. The summed E-state index contributed by atoms with van der Waals surface area (Å²) in [7, 11) is 0. The average Bonchev–Trinajstić information content (AvgIpc) is 2.65. The number of aromatic nitrogens is 1. The Hall–Kier alpha value is -2.87. The van der Waals surface area contributed by atoms with Crippen LogP contribution < -0.4 is 16.2 Å². The fourth-order valence-electron chi connectivity index (χ4n) is 2.98. The molecule has 0 amide bonds.